The number of nitrogens with zero attached hydrogens (tertiary/aromatic N) is 2. The largest absolute Gasteiger partial charge is 0.377 e. The second-order valence-corrected chi connectivity index (χ2v) is 5.43. The molecular weight excluding hydrogens is 262 g/mol. The van der Waals surface area contributed by atoms with E-state index in [1.165, 1.54) is 0 Å². The van der Waals surface area contributed by atoms with Crippen molar-refractivity contribution in [2.45, 2.75) is 19.9 Å². The molecule has 1 atom stereocenters. The lowest BCUT2D eigenvalue weighted by molar-refractivity contribution is -0.705. The zero-order valence-electron chi connectivity index (χ0n) is 13.0. The summed E-state index contributed by atoms with van der Waals surface area (Å²) < 4.78 is 1.90. The van der Waals surface area contributed by atoms with Crippen molar-refractivity contribution in [3.05, 3.63) is 54.4 Å². The first-order valence-corrected chi connectivity index (χ1v) is 7.03. The highest BCUT2D eigenvalue weighted by molar-refractivity contribution is 5.92. The molecule has 2 aromatic rings. The average molecular weight is 284 g/mol. The van der Waals surface area contributed by atoms with Crippen LogP contribution in [0.4, 0.5) is 11.4 Å². The number of rotatable bonds is 4. The van der Waals surface area contributed by atoms with Gasteiger partial charge in [-0.1, -0.05) is 12.1 Å². The van der Waals surface area contributed by atoms with Gasteiger partial charge in [-0.15, -0.1) is 0 Å². The van der Waals surface area contributed by atoms with Crippen LogP contribution in [0, 0.1) is 6.92 Å². The summed E-state index contributed by atoms with van der Waals surface area (Å²) in [7, 11) is 3.99. The van der Waals surface area contributed by atoms with Crippen LogP contribution in [-0.4, -0.2) is 20.0 Å². The lowest BCUT2D eigenvalue weighted by Gasteiger charge is -2.12. The molecule has 1 N–H and O–H groups in total. The number of carbonyl (C=O) groups is 1. The number of pyridine rings is 1. The molecule has 4 heteroatoms. The van der Waals surface area contributed by atoms with Crippen molar-refractivity contribution in [2.75, 3.05) is 24.3 Å². The first kappa shape index (κ1) is 15.0. The summed E-state index contributed by atoms with van der Waals surface area (Å²) in [5.74, 6) is -0.0248. The summed E-state index contributed by atoms with van der Waals surface area (Å²) in [6, 6.07) is 11.5. The lowest BCUT2D eigenvalue weighted by Crippen LogP contribution is -2.44. The predicted molar refractivity (Wildman–Crippen MR) is 85.5 cm³/mol. The van der Waals surface area contributed by atoms with Crippen molar-refractivity contribution in [3.8, 4) is 0 Å². The van der Waals surface area contributed by atoms with Gasteiger partial charge in [0.2, 0.25) is 6.04 Å². The topological polar surface area (TPSA) is 36.2 Å². The zero-order chi connectivity index (χ0) is 15.4. The quantitative estimate of drug-likeness (QED) is 0.876. The van der Waals surface area contributed by atoms with Crippen LogP contribution in [0.5, 0.6) is 0 Å². The molecule has 0 saturated carbocycles. The van der Waals surface area contributed by atoms with Crippen LogP contribution >= 0.6 is 0 Å². The number of aromatic nitrogens is 1. The monoisotopic (exact) mass is 284 g/mol. The van der Waals surface area contributed by atoms with E-state index in [9.17, 15) is 4.79 Å². The van der Waals surface area contributed by atoms with E-state index in [0.717, 1.165) is 16.9 Å². The van der Waals surface area contributed by atoms with E-state index >= 15 is 0 Å². The number of benzene rings is 1. The Morgan fingerprint density at radius 2 is 1.86 bits per heavy atom. The molecule has 1 aromatic carbocycles. The molecule has 0 radical (unpaired) electrons. The van der Waals surface area contributed by atoms with Gasteiger partial charge in [0.05, 0.1) is 0 Å². The third-order valence-corrected chi connectivity index (χ3v) is 3.46. The van der Waals surface area contributed by atoms with Crippen molar-refractivity contribution in [1.29, 1.82) is 0 Å². The smallest absolute Gasteiger partial charge is 0.293 e. The Balaban J connectivity index is 2.08. The maximum absolute atomic E-state index is 12.3. The highest BCUT2D eigenvalue weighted by Gasteiger charge is 2.21. The van der Waals surface area contributed by atoms with Crippen molar-refractivity contribution in [2.24, 2.45) is 0 Å². The summed E-state index contributed by atoms with van der Waals surface area (Å²) in [4.78, 5) is 14.3. The van der Waals surface area contributed by atoms with E-state index in [2.05, 4.69) is 5.32 Å². The number of hydrogen-bond donors (Lipinski definition) is 1. The first-order chi connectivity index (χ1) is 9.97. The van der Waals surface area contributed by atoms with Crippen LogP contribution in [0.3, 0.4) is 0 Å². The lowest BCUT2D eigenvalue weighted by atomic mass is 10.2. The summed E-state index contributed by atoms with van der Waals surface area (Å²) in [6.07, 6.45) is 3.85. The predicted octanol–water partition coefficient (Wildman–Crippen LogP) is 2.55. The average Bonchev–Trinajstić information content (AvgIpc) is 2.46. The van der Waals surface area contributed by atoms with Gasteiger partial charge in [-0.05, 0) is 24.6 Å². The van der Waals surface area contributed by atoms with Gasteiger partial charge in [-0.25, -0.2) is 0 Å². The van der Waals surface area contributed by atoms with Crippen LogP contribution in [-0.2, 0) is 4.79 Å². The fourth-order valence-electron chi connectivity index (χ4n) is 2.09. The zero-order valence-corrected chi connectivity index (χ0v) is 13.0. The summed E-state index contributed by atoms with van der Waals surface area (Å²) in [6.45, 7) is 3.90. The van der Waals surface area contributed by atoms with Crippen LogP contribution < -0.4 is 14.8 Å². The molecular formula is C17H22N3O+. The molecule has 0 saturated heterocycles. The van der Waals surface area contributed by atoms with Crippen LogP contribution in [0.1, 0.15) is 18.5 Å². The van der Waals surface area contributed by atoms with E-state index < -0.39 is 0 Å². The second kappa shape index (κ2) is 6.39. The van der Waals surface area contributed by atoms with Crippen molar-refractivity contribution in [1.82, 2.24) is 0 Å². The summed E-state index contributed by atoms with van der Waals surface area (Å²) in [5.41, 5.74) is 3.07. The molecule has 0 aliphatic carbocycles. The number of carbonyl (C=O) groups excluding carboxylic acids is 1. The summed E-state index contributed by atoms with van der Waals surface area (Å²) >= 11 is 0. The second-order valence-electron chi connectivity index (χ2n) is 5.43. The number of anilines is 2. The fourth-order valence-corrected chi connectivity index (χ4v) is 2.09. The molecule has 1 aromatic heterocycles. The van der Waals surface area contributed by atoms with Gasteiger partial charge in [0, 0.05) is 44.5 Å². The molecule has 0 aliphatic rings. The van der Waals surface area contributed by atoms with E-state index in [1.807, 2.05) is 86.2 Å². The normalized spacial score (nSPS) is 11.8. The Hall–Kier alpha value is -2.36. The molecule has 1 amide bonds. The minimum atomic E-state index is -0.262. The van der Waals surface area contributed by atoms with E-state index in [1.54, 1.807) is 0 Å². The standard InChI is InChI=1S/C17H21N3O/c1-13-6-5-7-15(12-13)18-17(21)14(2)20-10-8-16(9-11-20)19(3)4/h5-12,14H,1-4H3/p+1/t14-/m1/s1. The molecule has 0 fully saturated rings. The van der Waals surface area contributed by atoms with E-state index in [0.29, 0.717) is 0 Å². The van der Waals surface area contributed by atoms with Crippen molar-refractivity contribution in [3.63, 3.8) is 0 Å². The van der Waals surface area contributed by atoms with Crippen LogP contribution in [0.2, 0.25) is 0 Å². The van der Waals surface area contributed by atoms with Gasteiger partial charge in [-0.3, -0.25) is 4.79 Å². The molecule has 2 rings (SSSR count). The maximum atomic E-state index is 12.3. The molecule has 4 nitrogen and oxygen atoms in total. The maximum Gasteiger partial charge on any atom is 0.293 e. The van der Waals surface area contributed by atoms with Gasteiger partial charge in [0.25, 0.3) is 5.91 Å². The number of nitrogens with one attached hydrogen (secondary N) is 1. The minimum absolute atomic E-state index is 0.0248. The Morgan fingerprint density at radius 3 is 2.43 bits per heavy atom. The van der Waals surface area contributed by atoms with Crippen LogP contribution in [0.15, 0.2) is 48.8 Å². The molecule has 1 heterocycles. The minimum Gasteiger partial charge on any atom is -0.377 e. The summed E-state index contributed by atoms with van der Waals surface area (Å²) in [5, 5.41) is 2.95. The molecule has 21 heavy (non-hydrogen) atoms. The van der Waals surface area contributed by atoms with E-state index in [4.69, 9.17) is 0 Å². The molecule has 0 spiro atoms. The SMILES string of the molecule is Cc1cccc(NC(=O)[C@@H](C)[n+]2ccc(N(C)C)cc2)c1. The number of amides is 1. The Labute approximate surface area is 126 Å². The Morgan fingerprint density at radius 1 is 1.19 bits per heavy atom. The third kappa shape index (κ3) is 3.81. The Bertz CT molecular complexity index is 620. The molecule has 0 bridgehead atoms. The Kier molecular flexibility index (Phi) is 4.58. The van der Waals surface area contributed by atoms with Gasteiger partial charge in [0.1, 0.15) is 0 Å². The third-order valence-electron chi connectivity index (χ3n) is 3.46. The molecule has 110 valence electrons. The fraction of sp³-hybridized carbons (Fsp3) is 0.294. The molecule has 0 unspecified atom stereocenters. The van der Waals surface area contributed by atoms with Gasteiger partial charge < -0.3 is 10.2 Å². The van der Waals surface area contributed by atoms with Gasteiger partial charge in [0.15, 0.2) is 12.4 Å². The highest BCUT2D eigenvalue weighted by atomic mass is 16.2. The number of aryl methyl sites for hydroxylation is 1. The number of hydrogen-bond acceptors (Lipinski definition) is 2. The van der Waals surface area contributed by atoms with E-state index in [-0.39, 0.29) is 11.9 Å². The van der Waals surface area contributed by atoms with Crippen molar-refractivity contribution < 1.29 is 9.36 Å². The first-order valence-electron chi connectivity index (χ1n) is 7.03. The van der Waals surface area contributed by atoms with Gasteiger partial charge in [-0.2, -0.15) is 4.57 Å². The van der Waals surface area contributed by atoms with Crippen LogP contribution in [0.25, 0.3) is 0 Å². The van der Waals surface area contributed by atoms with Crippen molar-refractivity contribution >= 4 is 17.3 Å². The van der Waals surface area contributed by atoms with Gasteiger partial charge >= 0.3 is 0 Å². The molecule has 0 aliphatic heterocycles. The highest BCUT2D eigenvalue weighted by Crippen LogP contribution is 2.12.